The molecule has 1 aromatic rings. The van der Waals surface area contributed by atoms with Crippen molar-refractivity contribution in [2.24, 2.45) is 0 Å². The summed E-state index contributed by atoms with van der Waals surface area (Å²) in [6, 6.07) is 4.41. The fourth-order valence-electron chi connectivity index (χ4n) is 1.92. The molecule has 0 aliphatic carbocycles. The van der Waals surface area contributed by atoms with E-state index in [2.05, 4.69) is 10.2 Å². The number of nitrogens with one attached hydrogen (secondary N) is 1. The van der Waals surface area contributed by atoms with Gasteiger partial charge in [0.2, 0.25) is 0 Å². The van der Waals surface area contributed by atoms with E-state index in [9.17, 15) is 0 Å². The smallest absolute Gasteiger partial charge is 0.117 e. The Morgan fingerprint density at radius 2 is 2.53 bits per heavy atom. The average Bonchev–Trinajstić information content (AvgIpc) is 2.74. The number of ether oxygens (including phenoxy) is 1. The number of furan rings is 1. The molecule has 0 amide bonds. The van der Waals surface area contributed by atoms with Gasteiger partial charge >= 0.3 is 0 Å². The van der Waals surface area contributed by atoms with E-state index in [0.717, 1.165) is 38.6 Å². The number of nitrogens with zero attached hydrogens (tertiary/aromatic N) is 1. The van der Waals surface area contributed by atoms with Crippen LogP contribution in [0.2, 0.25) is 0 Å². The second-order valence-corrected chi connectivity index (χ2v) is 3.84. The first kappa shape index (κ1) is 10.7. The summed E-state index contributed by atoms with van der Waals surface area (Å²) >= 11 is 0. The average molecular weight is 210 g/mol. The second kappa shape index (κ2) is 5.30. The van der Waals surface area contributed by atoms with Crippen molar-refractivity contribution in [1.29, 1.82) is 0 Å². The molecule has 2 rings (SSSR count). The van der Waals surface area contributed by atoms with Gasteiger partial charge in [0.25, 0.3) is 0 Å². The Labute approximate surface area is 90.2 Å². The minimum Gasteiger partial charge on any atom is -0.468 e. The lowest BCUT2D eigenvalue weighted by molar-refractivity contribution is -0.0129. The predicted molar refractivity (Wildman–Crippen MR) is 57.7 cm³/mol. The van der Waals surface area contributed by atoms with Crippen LogP contribution in [0.3, 0.4) is 0 Å². The summed E-state index contributed by atoms with van der Waals surface area (Å²) in [6.07, 6.45) is 1.73. The molecule has 4 nitrogen and oxygen atoms in total. The highest BCUT2D eigenvalue weighted by Gasteiger charge is 2.22. The Morgan fingerprint density at radius 3 is 3.27 bits per heavy atom. The van der Waals surface area contributed by atoms with E-state index in [-0.39, 0.29) is 0 Å². The van der Waals surface area contributed by atoms with Crippen molar-refractivity contribution in [3.05, 3.63) is 24.2 Å². The number of hydrogen-bond donors (Lipinski definition) is 1. The van der Waals surface area contributed by atoms with Gasteiger partial charge in [0, 0.05) is 19.1 Å². The van der Waals surface area contributed by atoms with Gasteiger partial charge in [0.15, 0.2) is 0 Å². The maximum Gasteiger partial charge on any atom is 0.117 e. The van der Waals surface area contributed by atoms with Crippen LogP contribution in [0, 0.1) is 0 Å². The number of morpholine rings is 1. The predicted octanol–water partition coefficient (Wildman–Crippen LogP) is 0.700. The minimum atomic E-state index is 0.453. The minimum absolute atomic E-state index is 0.453. The summed E-state index contributed by atoms with van der Waals surface area (Å²) in [7, 11) is 1.97. The molecule has 0 radical (unpaired) electrons. The monoisotopic (exact) mass is 210 g/mol. The summed E-state index contributed by atoms with van der Waals surface area (Å²) < 4.78 is 10.8. The molecular formula is C11H18N2O2. The lowest BCUT2D eigenvalue weighted by Crippen LogP contribution is -2.49. The van der Waals surface area contributed by atoms with Crippen molar-refractivity contribution in [1.82, 2.24) is 10.2 Å². The van der Waals surface area contributed by atoms with Gasteiger partial charge < -0.3 is 14.5 Å². The third-order valence-electron chi connectivity index (χ3n) is 2.73. The Hall–Kier alpha value is -0.840. The van der Waals surface area contributed by atoms with Gasteiger partial charge in [-0.1, -0.05) is 0 Å². The maximum absolute atomic E-state index is 5.47. The summed E-state index contributed by atoms with van der Waals surface area (Å²) in [5, 5.41) is 3.19. The summed E-state index contributed by atoms with van der Waals surface area (Å²) in [4.78, 5) is 2.40. The summed E-state index contributed by atoms with van der Waals surface area (Å²) in [5.74, 6) is 1.03. The van der Waals surface area contributed by atoms with Crippen molar-refractivity contribution in [2.45, 2.75) is 12.6 Å². The van der Waals surface area contributed by atoms with Gasteiger partial charge in [-0.05, 0) is 19.2 Å². The van der Waals surface area contributed by atoms with Crippen molar-refractivity contribution >= 4 is 0 Å². The molecule has 1 N–H and O–H groups in total. The highest BCUT2D eigenvalue weighted by atomic mass is 16.5. The van der Waals surface area contributed by atoms with Gasteiger partial charge in [-0.25, -0.2) is 0 Å². The Kier molecular flexibility index (Phi) is 3.77. The van der Waals surface area contributed by atoms with Crippen molar-refractivity contribution in [3.63, 3.8) is 0 Å². The maximum atomic E-state index is 5.47. The van der Waals surface area contributed by atoms with Gasteiger partial charge in [0.05, 0.1) is 26.0 Å². The molecule has 15 heavy (non-hydrogen) atoms. The van der Waals surface area contributed by atoms with Crippen LogP contribution >= 0.6 is 0 Å². The fourth-order valence-corrected chi connectivity index (χ4v) is 1.92. The molecular weight excluding hydrogens is 192 g/mol. The first-order valence-electron chi connectivity index (χ1n) is 5.39. The molecule has 1 atom stereocenters. The van der Waals surface area contributed by atoms with Gasteiger partial charge in [-0.2, -0.15) is 0 Å². The number of hydrogen-bond acceptors (Lipinski definition) is 4. The van der Waals surface area contributed by atoms with Gasteiger partial charge in [-0.15, -0.1) is 0 Å². The Morgan fingerprint density at radius 1 is 1.60 bits per heavy atom. The molecule has 1 aliphatic heterocycles. The lowest BCUT2D eigenvalue weighted by atomic mass is 10.2. The van der Waals surface area contributed by atoms with Crippen LogP contribution in [0.25, 0.3) is 0 Å². The third-order valence-corrected chi connectivity index (χ3v) is 2.73. The molecule has 0 aromatic carbocycles. The second-order valence-electron chi connectivity index (χ2n) is 3.84. The summed E-state index contributed by atoms with van der Waals surface area (Å²) in [6.45, 7) is 4.44. The normalized spacial score (nSPS) is 23.1. The van der Waals surface area contributed by atoms with E-state index in [1.165, 1.54) is 0 Å². The number of rotatable bonds is 4. The van der Waals surface area contributed by atoms with E-state index >= 15 is 0 Å². The Bertz CT molecular complexity index is 272. The lowest BCUT2D eigenvalue weighted by Gasteiger charge is -2.34. The van der Waals surface area contributed by atoms with E-state index in [1.807, 2.05) is 19.2 Å². The van der Waals surface area contributed by atoms with Crippen LogP contribution in [0.1, 0.15) is 5.76 Å². The van der Waals surface area contributed by atoms with Crippen LogP contribution in [-0.2, 0) is 11.3 Å². The van der Waals surface area contributed by atoms with Crippen LogP contribution in [0.15, 0.2) is 22.8 Å². The SMILES string of the molecule is CNCC1COCCN1Cc1ccco1. The van der Waals surface area contributed by atoms with Crippen molar-refractivity contribution < 1.29 is 9.15 Å². The molecule has 0 bridgehead atoms. The quantitative estimate of drug-likeness (QED) is 0.794. The molecule has 84 valence electrons. The van der Waals surface area contributed by atoms with Crippen LogP contribution in [0.4, 0.5) is 0 Å². The molecule has 1 aromatic heterocycles. The summed E-state index contributed by atoms with van der Waals surface area (Å²) in [5.41, 5.74) is 0. The van der Waals surface area contributed by atoms with E-state index in [4.69, 9.17) is 9.15 Å². The zero-order chi connectivity index (χ0) is 10.5. The van der Waals surface area contributed by atoms with Crippen LogP contribution in [0.5, 0.6) is 0 Å². The van der Waals surface area contributed by atoms with E-state index in [1.54, 1.807) is 6.26 Å². The van der Waals surface area contributed by atoms with Gasteiger partial charge in [-0.3, -0.25) is 4.90 Å². The zero-order valence-corrected chi connectivity index (χ0v) is 9.11. The molecule has 1 fully saturated rings. The largest absolute Gasteiger partial charge is 0.468 e. The van der Waals surface area contributed by atoms with Crippen LogP contribution < -0.4 is 5.32 Å². The van der Waals surface area contributed by atoms with E-state index in [0.29, 0.717) is 6.04 Å². The van der Waals surface area contributed by atoms with Gasteiger partial charge in [0.1, 0.15) is 5.76 Å². The molecule has 1 aliphatic rings. The first-order valence-corrected chi connectivity index (χ1v) is 5.39. The molecule has 1 unspecified atom stereocenters. The molecule has 1 saturated heterocycles. The molecule has 2 heterocycles. The zero-order valence-electron chi connectivity index (χ0n) is 9.11. The van der Waals surface area contributed by atoms with E-state index < -0.39 is 0 Å². The van der Waals surface area contributed by atoms with Crippen LogP contribution in [-0.4, -0.2) is 44.3 Å². The standard InChI is InChI=1S/C11H18N2O2/c1-12-7-10-9-14-6-4-13(10)8-11-3-2-5-15-11/h2-3,5,10,12H,4,6-9H2,1H3. The van der Waals surface area contributed by atoms with Crippen molar-refractivity contribution in [3.8, 4) is 0 Å². The first-order chi connectivity index (χ1) is 7.40. The van der Waals surface area contributed by atoms with Crippen molar-refractivity contribution in [2.75, 3.05) is 33.4 Å². The Balaban J connectivity index is 1.92. The number of likely N-dealkylation sites (N-methyl/N-ethyl adjacent to an activating group) is 1. The highest BCUT2D eigenvalue weighted by molar-refractivity contribution is 4.98. The fraction of sp³-hybridized carbons (Fsp3) is 0.636. The molecule has 0 saturated carbocycles. The third kappa shape index (κ3) is 2.81. The molecule has 4 heteroatoms. The topological polar surface area (TPSA) is 37.6 Å². The molecule has 0 spiro atoms. The highest BCUT2D eigenvalue weighted by Crippen LogP contribution is 2.12.